The Morgan fingerprint density at radius 3 is 1.49 bits per heavy atom. The van der Waals surface area contributed by atoms with E-state index in [1.165, 1.54) is 110 Å². The van der Waals surface area contributed by atoms with E-state index in [-0.39, 0.29) is 63.7 Å². The number of amides is 1. The fourth-order valence-electron chi connectivity index (χ4n) is 11.4. The van der Waals surface area contributed by atoms with Gasteiger partial charge in [-0.3, -0.25) is 47.7 Å². The van der Waals surface area contributed by atoms with Crippen molar-refractivity contribution in [3.05, 3.63) is 173 Å². The molecule has 2 saturated heterocycles. The van der Waals surface area contributed by atoms with Crippen molar-refractivity contribution in [1.29, 1.82) is 0 Å². The lowest BCUT2D eigenvalue weighted by molar-refractivity contribution is -0.161. The molecular weight excluding hydrogens is 1080 g/mol. The van der Waals surface area contributed by atoms with E-state index >= 15 is 4.57 Å². The third-order valence-electron chi connectivity index (χ3n) is 15.9. The summed E-state index contributed by atoms with van der Waals surface area (Å²) in [6.45, 7) is 5.50. The summed E-state index contributed by atoms with van der Waals surface area (Å²) in [6, 6.07) is 30.1. The molecule has 0 bridgehead atoms. The van der Waals surface area contributed by atoms with E-state index in [9.17, 15) is 28.8 Å². The molecule has 19 nitrogen and oxygen atoms in total. The van der Waals surface area contributed by atoms with E-state index in [1.54, 1.807) is 32.6 Å². The number of aryl methyl sites for hydroxylation is 2. The number of esters is 1. The quantitative estimate of drug-likeness (QED) is 0.0154. The molecule has 0 aliphatic carbocycles. The number of carbonyl (C=O) groups is 2. The lowest BCUT2D eigenvalue weighted by atomic mass is 9.75. The molecule has 0 radical (unpaired) electrons. The van der Waals surface area contributed by atoms with Crippen LogP contribution in [0, 0.1) is 13.8 Å². The summed E-state index contributed by atoms with van der Waals surface area (Å²) in [6.07, 6.45) is 18.9. The van der Waals surface area contributed by atoms with Crippen LogP contribution in [0.25, 0.3) is 0 Å². The van der Waals surface area contributed by atoms with Crippen molar-refractivity contribution in [2.24, 2.45) is 0 Å². The Morgan fingerprint density at radius 2 is 1.04 bits per heavy atom. The molecule has 3 N–H and O–H groups in total. The summed E-state index contributed by atoms with van der Waals surface area (Å²) in [5, 5.41) is 2.92. The van der Waals surface area contributed by atoms with Crippen LogP contribution >= 0.6 is 7.67 Å². The fourth-order valence-corrected chi connectivity index (χ4v) is 13.4. The van der Waals surface area contributed by atoms with Crippen molar-refractivity contribution in [3.8, 4) is 0 Å². The summed E-state index contributed by atoms with van der Waals surface area (Å²) in [4.78, 5) is 85.4. The largest absolute Gasteiger partial charge is 0.463 e. The summed E-state index contributed by atoms with van der Waals surface area (Å²) >= 11 is 0. The summed E-state index contributed by atoms with van der Waals surface area (Å²) < 4.78 is 46.9. The molecule has 7 rings (SSSR count). The predicted molar refractivity (Wildman–Crippen MR) is 322 cm³/mol. The van der Waals surface area contributed by atoms with Gasteiger partial charge < -0.3 is 24.1 Å². The maximum Gasteiger partial charge on any atom is 0.345 e. The second-order valence-electron chi connectivity index (χ2n) is 22.4. The number of morpholine rings is 2. The maximum atomic E-state index is 15.8. The molecule has 5 aromatic rings. The molecule has 0 spiro atoms. The van der Waals surface area contributed by atoms with Gasteiger partial charge in [0.2, 0.25) is 5.91 Å². The van der Waals surface area contributed by atoms with E-state index in [4.69, 9.17) is 18.7 Å². The zero-order chi connectivity index (χ0) is 59.2. The Hall–Kier alpha value is -6.05. The van der Waals surface area contributed by atoms with E-state index in [2.05, 4.69) is 63.5 Å². The molecule has 5 atom stereocenters. The Balaban J connectivity index is 1.01. The first-order valence-electron chi connectivity index (χ1n) is 30.1. The highest BCUT2D eigenvalue weighted by atomic mass is 31.2. The van der Waals surface area contributed by atoms with Gasteiger partial charge in [0.05, 0.1) is 31.2 Å². The SMILES string of the molecule is CCCCCCCCCCCCCCCCCCNC(=O)CCC(=O)OC[C@@H]1CN(P(=O)(OC[C@@H]2CN(C(c3ccccc3)(c3ccccc3)c3ccccc3)C[C@H](n3cc(C)c(=O)[nH]c3=O)O2)N(C)C)C[C@H](n2cc(C)c(=O)[nH]c2=O)O1. The third-order valence-corrected chi connectivity index (χ3v) is 18.4. The lowest BCUT2D eigenvalue weighted by Gasteiger charge is -2.51. The Kier molecular flexibility index (Phi) is 25.1. The number of nitrogens with zero attached hydrogens (tertiary/aromatic N) is 5. The minimum absolute atomic E-state index is 0.0607. The molecule has 20 heteroatoms. The van der Waals surface area contributed by atoms with Crippen LogP contribution < -0.4 is 27.8 Å². The van der Waals surface area contributed by atoms with Crippen molar-refractivity contribution in [2.45, 2.75) is 167 Å². The average molecular weight is 1170 g/mol. The number of unbranched alkanes of at least 4 members (excludes halogenated alkanes) is 15. The van der Waals surface area contributed by atoms with Crippen LogP contribution in [0.3, 0.4) is 0 Å². The number of carbonyl (C=O) groups excluding carboxylic acids is 2. The minimum atomic E-state index is -4.13. The Morgan fingerprint density at radius 1 is 0.602 bits per heavy atom. The van der Waals surface area contributed by atoms with Crippen LogP contribution in [0.2, 0.25) is 0 Å². The summed E-state index contributed by atoms with van der Waals surface area (Å²) in [5.41, 5.74) is -0.162. The van der Waals surface area contributed by atoms with E-state index in [0.717, 1.165) is 36.0 Å². The predicted octanol–water partition coefficient (Wildman–Crippen LogP) is 9.48. The van der Waals surface area contributed by atoms with Crippen LogP contribution in [0.4, 0.5) is 0 Å². The van der Waals surface area contributed by atoms with Gasteiger partial charge in [0.1, 0.15) is 12.7 Å². The number of nitrogens with one attached hydrogen (secondary N) is 3. The second-order valence-corrected chi connectivity index (χ2v) is 25.0. The number of aromatic nitrogens is 4. The molecular formula is C63H89N8O11P. The maximum absolute atomic E-state index is 15.8. The van der Waals surface area contributed by atoms with Crippen LogP contribution in [0.15, 0.2) is 123 Å². The van der Waals surface area contributed by atoms with Crippen LogP contribution in [0.1, 0.15) is 163 Å². The number of hydrogen-bond donors (Lipinski definition) is 3. The minimum Gasteiger partial charge on any atom is -0.463 e. The van der Waals surface area contributed by atoms with Gasteiger partial charge in [-0.2, -0.15) is 0 Å². The summed E-state index contributed by atoms with van der Waals surface area (Å²) in [7, 11) is -0.922. The van der Waals surface area contributed by atoms with Crippen LogP contribution in [0.5, 0.6) is 0 Å². The highest BCUT2D eigenvalue weighted by Crippen LogP contribution is 2.55. The normalized spacial score (nSPS) is 18.7. The van der Waals surface area contributed by atoms with Crippen molar-refractivity contribution >= 4 is 19.5 Å². The van der Waals surface area contributed by atoms with Gasteiger partial charge in [-0.25, -0.2) is 18.9 Å². The number of rotatable bonds is 33. The van der Waals surface area contributed by atoms with Gasteiger partial charge in [0.25, 0.3) is 11.1 Å². The first kappa shape index (κ1) is 64.5. The van der Waals surface area contributed by atoms with E-state index in [1.807, 2.05) is 54.6 Å². The molecule has 3 aromatic carbocycles. The smallest absolute Gasteiger partial charge is 0.345 e. The number of H-pyrrole nitrogens is 2. The number of ether oxygens (including phenoxy) is 3. The topological polar surface area (TPSA) is 220 Å². The van der Waals surface area contributed by atoms with Crippen molar-refractivity contribution in [3.63, 3.8) is 0 Å². The monoisotopic (exact) mass is 1160 g/mol. The van der Waals surface area contributed by atoms with Crippen molar-refractivity contribution < 1.29 is 32.9 Å². The Labute approximate surface area is 488 Å². The number of aromatic amines is 2. The second kappa shape index (κ2) is 32.3. The molecule has 2 aliphatic rings. The van der Waals surface area contributed by atoms with Crippen molar-refractivity contribution in [1.82, 2.24) is 38.7 Å². The Bertz CT molecular complexity index is 3000. The van der Waals surface area contributed by atoms with E-state index in [0.29, 0.717) is 12.1 Å². The highest BCUT2D eigenvalue weighted by molar-refractivity contribution is 7.53. The molecule has 4 heterocycles. The zero-order valence-electron chi connectivity index (χ0n) is 49.5. The molecule has 83 heavy (non-hydrogen) atoms. The first-order chi connectivity index (χ1) is 40.1. The van der Waals surface area contributed by atoms with Crippen LogP contribution in [-0.4, -0.2) is 117 Å². The summed E-state index contributed by atoms with van der Waals surface area (Å²) in [5.74, 6) is -0.880. The third kappa shape index (κ3) is 17.8. The molecule has 1 amide bonds. The van der Waals surface area contributed by atoms with Crippen LogP contribution in [-0.2, 0) is 38.4 Å². The average Bonchev–Trinajstić information content (AvgIpc) is 1.69. The molecule has 2 aliphatic heterocycles. The van der Waals surface area contributed by atoms with Gasteiger partial charge >= 0.3 is 25.0 Å². The molecule has 0 saturated carbocycles. The van der Waals surface area contributed by atoms with Gasteiger partial charge in [-0.15, -0.1) is 0 Å². The van der Waals surface area contributed by atoms with Gasteiger partial charge in [0.15, 0.2) is 12.5 Å². The van der Waals surface area contributed by atoms with E-state index < -0.39 is 66.3 Å². The fraction of sp³-hybridized carbons (Fsp3) is 0.556. The molecule has 2 fully saturated rings. The number of benzene rings is 3. The number of hydrogen-bond acceptors (Lipinski definition) is 12. The standard InChI is InChI=1S/C63H89N8O11P/c1-6-7-8-9-10-11-12-13-14-15-16-17-18-19-20-30-39-64-55(72)37-38-58(73)79-46-54-43-69(45-57(82-54)71-41-49(3)60(75)66-62(71)77)83(78,67(4)5)80-47-53-42-68(44-56(81-53)70-40-48(2)59(74)65-61(70)76)63(50-31-24-21-25-32-50,51-33-26-22-27-34-51)52-35-28-23-29-36-52/h21-29,31-36,40-41,53-54,56-57H,6-20,30,37-39,42-47H2,1-5H3,(H,64,72)(H,65,74,76)(H,66,75,77)/t53-,54-,56+,57+,83?/m0/s1. The molecule has 1 unspecified atom stereocenters. The molecule has 452 valence electrons. The van der Waals surface area contributed by atoms with Gasteiger partial charge in [-0.05, 0) is 51.1 Å². The van der Waals surface area contributed by atoms with Crippen molar-refractivity contribution in [2.75, 3.05) is 60.0 Å². The van der Waals surface area contributed by atoms with Gasteiger partial charge in [0, 0.05) is 56.1 Å². The van der Waals surface area contributed by atoms with Gasteiger partial charge in [-0.1, -0.05) is 194 Å². The highest BCUT2D eigenvalue weighted by Gasteiger charge is 2.48. The lowest BCUT2D eigenvalue weighted by Crippen LogP contribution is -2.58. The zero-order valence-corrected chi connectivity index (χ0v) is 50.4. The first-order valence-corrected chi connectivity index (χ1v) is 31.6. The molecule has 2 aromatic heterocycles.